The summed E-state index contributed by atoms with van der Waals surface area (Å²) >= 11 is 11.8. The summed E-state index contributed by atoms with van der Waals surface area (Å²) in [7, 11) is 0. The fourth-order valence-corrected chi connectivity index (χ4v) is 2.43. The van der Waals surface area contributed by atoms with Crippen molar-refractivity contribution in [2.45, 2.75) is 38.6 Å². The fourth-order valence-electron chi connectivity index (χ4n) is 2.09. The van der Waals surface area contributed by atoms with E-state index in [4.69, 9.17) is 28.9 Å². The van der Waals surface area contributed by atoms with Crippen molar-refractivity contribution in [1.82, 2.24) is 5.32 Å². The van der Waals surface area contributed by atoms with Crippen LogP contribution in [0.25, 0.3) is 0 Å². The molecule has 0 radical (unpaired) electrons. The number of amides is 1. The maximum absolute atomic E-state index is 12.2. The lowest BCUT2D eigenvalue weighted by Gasteiger charge is -2.17. The quantitative estimate of drug-likeness (QED) is 0.811. The first-order valence-electron chi connectivity index (χ1n) is 6.56. The number of nitrogen functional groups attached to an aromatic ring is 1. The first-order valence-corrected chi connectivity index (χ1v) is 7.32. The van der Waals surface area contributed by atoms with E-state index in [1.54, 1.807) is 12.1 Å². The number of carbonyl (C=O) groups is 1. The molecule has 1 saturated carbocycles. The van der Waals surface area contributed by atoms with Gasteiger partial charge in [0.25, 0.3) is 5.91 Å². The van der Waals surface area contributed by atoms with E-state index in [-0.39, 0.29) is 11.9 Å². The average Bonchev–Trinajstić information content (AvgIpc) is 3.18. The molecule has 1 atom stereocenters. The molecule has 1 amide bonds. The first kappa shape index (κ1) is 14.5. The molecular formula is C14H18Cl2N2O. The van der Waals surface area contributed by atoms with Gasteiger partial charge in [-0.25, -0.2) is 0 Å². The molecule has 3 N–H and O–H groups in total. The van der Waals surface area contributed by atoms with E-state index in [0.717, 1.165) is 18.8 Å². The minimum atomic E-state index is -0.141. The maximum Gasteiger partial charge on any atom is 0.251 e. The molecule has 0 aliphatic heterocycles. The Kier molecular flexibility index (Phi) is 4.58. The van der Waals surface area contributed by atoms with Gasteiger partial charge in [-0.15, -0.1) is 0 Å². The zero-order chi connectivity index (χ0) is 14.0. The number of nitrogens with two attached hydrogens (primary N) is 1. The summed E-state index contributed by atoms with van der Waals surface area (Å²) in [5.74, 6) is 0.641. The smallest absolute Gasteiger partial charge is 0.251 e. The van der Waals surface area contributed by atoms with Gasteiger partial charge in [0, 0.05) is 11.6 Å². The lowest BCUT2D eigenvalue weighted by atomic mass is 10.1. The van der Waals surface area contributed by atoms with E-state index in [2.05, 4.69) is 12.2 Å². The third-order valence-corrected chi connectivity index (χ3v) is 4.28. The summed E-state index contributed by atoms with van der Waals surface area (Å²) in [6.07, 6.45) is 4.55. The molecule has 0 heterocycles. The molecule has 0 spiro atoms. The molecule has 1 fully saturated rings. The first-order chi connectivity index (χ1) is 9.01. The Bertz CT molecular complexity index is 463. The third kappa shape index (κ3) is 3.77. The zero-order valence-corrected chi connectivity index (χ0v) is 12.4. The van der Waals surface area contributed by atoms with Crippen molar-refractivity contribution in [2.75, 3.05) is 5.73 Å². The topological polar surface area (TPSA) is 55.1 Å². The highest BCUT2D eigenvalue weighted by Gasteiger charge is 2.25. The number of hydrogen-bond donors (Lipinski definition) is 2. The van der Waals surface area contributed by atoms with Gasteiger partial charge in [-0.1, -0.05) is 43.0 Å². The van der Waals surface area contributed by atoms with Crippen molar-refractivity contribution in [3.8, 4) is 0 Å². The highest BCUT2D eigenvalue weighted by atomic mass is 35.5. The molecular weight excluding hydrogens is 283 g/mol. The van der Waals surface area contributed by atoms with E-state index in [9.17, 15) is 4.79 Å². The second-order valence-electron chi connectivity index (χ2n) is 5.12. The van der Waals surface area contributed by atoms with Crippen molar-refractivity contribution in [3.63, 3.8) is 0 Å². The Hall–Kier alpha value is -0.930. The molecule has 3 nitrogen and oxygen atoms in total. The SMILES string of the molecule is CCC(CC1CC1)NC(=O)c1cc(N)c(Cl)c(Cl)c1. The molecule has 1 unspecified atom stereocenters. The molecule has 0 aromatic heterocycles. The van der Waals surface area contributed by atoms with Gasteiger partial charge in [0.05, 0.1) is 15.7 Å². The Morgan fingerprint density at radius 1 is 1.47 bits per heavy atom. The Morgan fingerprint density at radius 3 is 2.68 bits per heavy atom. The fraction of sp³-hybridized carbons (Fsp3) is 0.500. The number of carbonyl (C=O) groups excluding carboxylic acids is 1. The van der Waals surface area contributed by atoms with E-state index in [1.807, 2.05) is 0 Å². The van der Waals surface area contributed by atoms with Crippen LogP contribution in [0.5, 0.6) is 0 Å². The van der Waals surface area contributed by atoms with Crippen LogP contribution in [-0.2, 0) is 0 Å². The van der Waals surface area contributed by atoms with Crippen LogP contribution < -0.4 is 11.1 Å². The van der Waals surface area contributed by atoms with E-state index < -0.39 is 0 Å². The van der Waals surface area contributed by atoms with Crippen LogP contribution in [-0.4, -0.2) is 11.9 Å². The van der Waals surface area contributed by atoms with Crippen molar-refractivity contribution < 1.29 is 4.79 Å². The van der Waals surface area contributed by atoms with Crippen LogP contribution in [0.3, 0.4) is 0 Å². The molecule has 5 heteroatoms. The minimum absolute atomic E-state index is 0.141. The van der Waals surface area contributed by atoms with E-state index >= 15 is 0 Å². The highest BCUT2D eigenvalue weighted by molar-refractivity contribution is 6.43. The third-order valence-electron chi connectivity index (χ3n) is 3.46. The molecule has 1 aromatic carbocycles. The van der Waals surface area contributed by atoms with Gasteiger partial charge in [-0.2, -0.15) is 0 Å². The second-order valence-corrected chi connectivity index (χ2v) is 5.90. The Morgan fingerprint density at radius 2 is 2.16 bits per heavy atom. The molecule has 1 aromatic rings. The van der Waals surface area contributed by atoms with Crippen molar-refractivity contribution >= 4 is 34.8 Å². The molecule has 1 aliphatic carbocycles. The highest BCUT2D eigenvalue weighted by Crippen LogP contribution is 2.34. The monoisotopic (exact) mass is 300 g/mol. The van der Waals surface area contributed by atoms with E-state index in [1.165, 1.54) is 12.8 Å². The molecule has 19 heavy (non-hydrogen) atoms. The predicted molar refractivity (Wildman–Crippen MR) is 79.8 cm³/mol. The van der Waals surface area contributed by atoms with Gasteiger partial charge in [0.15, 0.2) is 0 Å². The molecule has 0 bridgehead atoms. The van der Waals surface area contributed by atoms with Gasteiger partial charge in [0.1, 0.15) is 0 Å². The number of rotatable bonds is 5. The van der Waals surface area contributed by atoms with Crippen LogP contribution in [0, 0.1) is 5.92 Å². The van der Waals surface area contributed by atoms with Crippen LogP contribution in [0.15, 0.2) is 12.1 Å². The number of benzene rings is 1. The minimum Gasteiger partial charge on any atom is -0.397 e. The summed E-state index contributed by atoms with van der Waals surface area (Å²) in [4.78, 5) is 12.2. The van der Waals surface area contributed by atoms with Gasteiger partial charge in [-0.05, 0) is 30.9 Å². The molecule has 104 valence electrons. The number of anilines is 1. The van der Waals surface area contributed by atoms with Crippen molar-refractivity contribution in [3.05, 3.63) is 27.7 Å². The van der Waals surface area contributed by atoms with Gasteiger partial charge < -0.3 is 11.1 Å². The summed E-state index contributed by atoms with van der Waals surface area (Å²) in [6, 6.07) is 3.34. The number of hydrogen-bond acceptors (Lipinski definition) is 2. The van der Waals surface area contributed by atoms with Crippen LogP contribution in [0.1, 0.15) is 43.0 Å². The number of nitrogens with one attached hydrogen (secondary N) is 1. The lowest BCUT2D eigenvalue weighted by Crippen LogP contribution is -2.34. The maximum atomic E-state index is 12.2. The Balaban J connectivity index is 2.05. The lowest BCUT2D eigenvalue weighted by molar-refractivity contribution is 0.0932. The van der Waals surface area contributed by atoms with Crippen molar-refractivity contribution in [1.29, 1.82) is 0 Å². The van der Waals surface area contributed by atoms with Crippen LogP contribution in [0.2, 0.25) is 10.0 Å². The van der Waals surface area contributed by atoms with Gasteiger partial charge in [-0.3, -0.25) is 4.79 Å². The molecule has 1 aliphatic rings. The van der Waals surface area contributed by atoms with Crippen LogP contribution >= 0.6 is 23.2 Å². The average molecular weight is 301 g/mol. The zero-order valence-electron chi connectivity index (χ0n) is 10.9. The summed E-state index contributed by atoms with van der Waals surface area (Å²) in [6.45, 7) is 2.08. The van der Waals surface area contributed by atoms with Gasteiger partial charge >= 0.3 is 0 Å². The van der Waals surface area contributed by atoms with Gasteiger partial charge in [0.2, 0.25) is 0 Å². The molecule has 2 rings (SSSR count). The standard InChI is InChI=1S/C14H18Cl2N2O/c1-2-10(5-8-3-4-8)18-14(19)9-6-11(15)13(16)12(17)7-9/h6-8,10H,2-5,17H2,1H3,(H,18,19). The summed E-state index contributed by atoms with van der Waals surface area (Å²) < 4.78 is 0. The Labute approximate surface area is 123 Å². The van der Waals surface area contributed by atoms with Crippen LogP contribution in [0.4, 0.5) is 5.69 Å². The molecule has 0 saturated heterocycles. The van der Waals surface area contributed by atoms with E-state index in [0.29, 0.717) is 21.3 Å². The summed E-state index contributed by atoms with van der Waals surface area (Å²) in [5.41, 5.74) is 6.50. The largest absolute Gasteiger partial charge is 0.397 e. The number of halogens is 2. The second kappa shape index (κ2) is 6.02. The summed E-state index contributed by atoms with van der Waals surface area (Å²) in [5, 5.41) is 3.63. The van der Waals surface area contributed by atoms with Crippen molar-refractivity contribution in [2.24, 2.45) is 5.92 Å². The normalized spacial score (nSPS) is 16.2. The predicted octanol–water partition coefficient (Wildman–Crippen LogP) is 3.88.